The fraction of sp³-hybridized carbons (Fsp3) is 0.500. The first-order chi connectivity index (χ1) is 7.81. The van der Waals surface area contributed by atoms with E-state index < -0.39 is 0 Å². The smallest absolute Gasteiger partial charge is 0.0683 e. The van der Waals surface area contributed by atoms with Gasteiger partial charge in [-0.05, 0) is 31.3 Å². The topological polar surface area (TPSA) is 24.5 Å². The lowest BCUT2D eigenvalue weighted by Gasteiger charge is -2.37. The molecule has 1 fully saturated rings. The van der Waals surface area contributed by atoms with Crippen LogP contribution < -0.4 is 10.2 Å². The highest BCUT2D eigenvalue weighted by Gasteiger charge is 2.22. The summed E-state index contributed by atoms with van der Waals surface area (Å²) in [5.41, 5.74) is 1.22. The number of nitrogens with one attached hydrogen (secondary N) is 1. The molecule has 1 saturated heterocycles. The highest BCUT2D eigenvalue weighted by molar-refractivity contribution is 6.30. The lowest BCUT2D eigenvalue weighted by Crippen LogP contribution is -2.50. The van der Waals surface area contributed by atoms with Crippen molar-refractivity contribution in [1.82, 2.24) is 5.32 Å². The Balaban J connectivity index is 2.13. The van der Waals surface area contributed by atoms with Gasteiger partial charge in [-0.2, -0.15) is 0 Å². The van der Waals surface area contributed by atoms with Crippen LogP contribution in [-0.4, -0.2) is 39.4 Å². The molecule has 0 spiro atoms. The molecule has 0 radical (unpaired) electrons. The number of nitrogens with zero attached hydrogens (tertiary/aromatic N) is 1. The third-order valence-electron chi connectivity index (χ3n) is 2.83. The van der Waals surface area contributed by atoms with Crippen molar-refractivity contribution in [2.75, 3.05) is 38.3 Å². The van der Waals surface area contributed by atoms with E-state index >= 15 is 0 Å². The van der Waals surface area contributed by atoms with Crippen LogP contribution in [0, 0.1) is 0 Å². The number of hydrogen-bond donors (Lipinski definition) is 1. The summed E-state index contributed by atoms with van der Waals surface area (Å²) in [6, 6.07) is 8.40. The third kappa shape index (κ3) is 2.67. The van der Waals surface area contributed by atoms with Crippen molar-refractivity contribution in [1.29, 1.82) is 0 Å². The summed E-state index contributed by atoms with van der Waals surface area (Å²) in [4.78, 5) is 2.37. The number of morpholine rings is 1. The third-order valence-corrected chi connectivity index (χ3v) is 3.08. The molecule has 4 heteroatoms. The molecule has 1 aromatic rings. The van der Waals surface area contributed by atoms with E-state index in [9.17, 15) is 0 Å². The number of hydrogen-bond acceptors (Lipinski definition) is 3. The Labute approximate surface area is 101 Å². The van der Waals surface area contributed by atoms with E-state index in [1.807, 2.05) is 19.2 Å². The Morgan fingerprint density at radius 1 is 1.44 bits per heavy atom. The SMILES string of the molecule is CNCC1COCCN1c1ccc(Cl)cc1. The van der Waals surface area contributed by atoms with Gasteiger partial charge in [0.05, 0.1) is 19.3 Å². The van der Waals surface area contributed by atoms with E-state index in [4.69, 9.17) is 16.3 Å². The molecule has 1 aromatic carbocycles. The van der Waals surface area contributed by atoms with Crippen LogP contribution in [0.15, 0.2) is 24.3 Å². The van der Waals surface area contributed by atoms with Crippen molar-refractivity contribution < 1.29 is 4.74 Å². The minimum atomic E-state index is 0.403. The van der Waals surface area contributed by atoms with Crippen LogP contribution >= 0.6 is 11.6 Å². The zero-order chi connectivity index (χ0) is 11.4. The van der Waals surface area contributed by atoms with Crippen LogP contribution in [0.4, 0.5) is 5.69 Å². The number of rotatable bonds is 3. The number of anilines is 1. The van der Waals surface area contributed by atoms with Crippen molar-refractivity contribution in [3.8, 4) is 0 Å². The molecule has 0 aliphatic carbocycles. The van der Waals surface area contributed by atoms with Crippen molar-refractivity contribution in [3.63, 3.8) is 0 Å². The summed E-state index contributed by atoms with van der Waals surface area (Å²) in [5.74, 6) is 0. The largest absolute Gasteiger partial charge is 0.377 e. The van der Waals surface area contributed by atoms with Crippen molar-refractivity contribution >= 4 is 17.3 Å². The van der Waals surface area contributed by atoms with Gasteiger partial charge in [0, 0.05) is 23.8 Å². The van der Waals surface area contributed by atoms with Crippen LogP contribution in [0.1, 0.15) is 0 Å². The average Bonchev–Trinajstić information content (AvgIpc) is 2.32. The molecule has 0 aromatic heterocycles. The number of halogens is 1. The highest BCUT2D eigenvalue weighted by atomic mass is 35.5. The molecule has 1 aliphatic rings. The average molecular weight is 241 g/mol. The van der Waals surface area contributed by atoms with Crippen molar-refractivity contribution in [2.24, 2.45) is 0 Å². The summed E-state index contributed by atoms with van der Waals surface area (Å²) in [6.07, 6.45) is 0. The Kier molecular flexibility index (Phi) is 4.04. The van der Waals surface area contributed by atoms with E-state index in [0.29, 0.717) is 6.04 Å². The summed E-state index contributed by atoms with van der Waals surface area (Å²) in [5, 5.41) is 3.98. The minimum Gasteiger partial charge on any atom is -0.377 e. The van der Waals surface area contributed by atoms with Gasteiger partial charge >= 0.3 is 0 Å². The Bertz CT molecular complexity index is 326. The van der Waals surface area contributed by atoms with Gasteiger partial charge in [0.1, 0.15) is 0 Å². The molecule has 2 rings (SSSR count). The van der Waals surface area contributed by atoms with Gasteiger partial charge < -0.3 is 15.0 Å². The van der Waals surface area contributed by atoms with Gasteiger partial charge in [-0.3, -0.25) is 0 Å². The number of benzene rings is 1. The molecule has 0 amide bonds. The maximum atomic E-state index is 5.89. The molecule has 1 N–H and O–H groups in total. The van der Waals surface area contributed by atoms with Gasteiger partial charge in [-0.1, -0.05) is 11.6 Å². The molecule has 0 bridgehead atoms. The molecule has 1 aliphatic heterocycles. The summed E-state index contributed by atoms with van der Waals surface area (Å²) in [6.45, 7) is 3.45. The monoisotopic (exact) mass is 240 g/mol. The zero-order valence-electron chi connectivity index (χ0n) is 9.45. The second kappa shape index (κ2) is 5.53. The lowest BCUT2D eigenvalue weighted by atomic mass is 10.2. The fourth-order valence-corrected chi connectivity index (χ4v) is 2.16. The first-order valence-corrected chi connectivity index (χ1v) is 5.93. The molecular weight excluding hydrogens is 224 g/mol. The molecule has 88 valence electrons. The molecule has 1 unspecified atom stereocenters. The van der Waals surface area contributed by atoms with E-state index in [-0.39, 0.29) is 0 Å². The second-order valence-electron chi connectivity index (χ2n) is 3.96. The first-order valence-electron chi connectivity index (χ1n) is 5.56. The summed E-state index contributed by atoms with van der Waals surface area (Å²) in [7, 11) is 1.97. The van der Waals surface area contributed by atoms with Crippen LogP contribution in [0.2, 0.25) is 5.02 Å². The van der Waals surface area contributed by atoms with Crippen LogP contribution in [0.25, 0.3) is 0 Å². The minimum absolute atomic E-state index is 0.403. The summed E-state index contributed by atoms with van der Waals surface area (Å²) >= 11 is 5.89. The normalized spacial score (nSPS) is 21.1. The van der Waals surface area contributed by atoms with E-state index in [2.05, 4.69) is 22.3 Å². The number of ether oxygens (including phenoxy) is 1. The molecule has 16 heavy (non-hydrogen) atoms. The van der Waals surface area contributed by atoms with E-state index in [1.54, 1.807) is 0 Å². The predicted molar refractivity (Wildman–Crippen MR) is 67.3 cm³/mol. The van der Waals surface area contributed by atoms with Crippen molar-refractivity contribution in [3.05, 3.63) is 29.3 Å². The van der Waals surface area contributed by atoms with Gasteiger partial charge in [0.15, 0.2) is 0 Å². The fourth-order valence-electron chi connectivity index (χ4n) is 2.03. The van der Waals surface area contributed by atoms with Crippen molar-refractivity contribution in [2.45, 2.75) is 6.04 Å². The lowest BCUT2D eigenvalue weighted by molar-refractivity contribution is 0.0943. The highest BCUT2D eigenvalue weighted by Crippen LogP contribution is 2.21. The molecular formula is C12H17ClN2O. The van der Waals surface area contributed by atoms with Gasteiger partial charge in [-0.15, -0.1) is 0 Å². The Hall–Kier alpha value is -0.770. The standard InChI is InChI=1S/C12H17ClN2O/c1-14-8-12-9-16-7-6-15(12)11-4-2-10(13)3-5-11/h2-5,12,14H,6-9H2,1H3. The van der Waals surface area contributed by atoms with E-state index in [0.717, 1.165) is 31.3 Å². The quantitative estimate of drug-likeness (QED) is 0.872. The van der Waals surface area contributed by atoms with Gasteiger partial charge in [-0.25, -0.2) is 0 Å². The van der Waals surface area contributed by atoms with E-state index in [1.165, 1.54) is 5.69 Å². The van der Waals surface area contributed by atoms with Crippen LogP contribution in [0.5, 0.6) is 0 Å². The molecule has 1 atom stereocenters. The first kappa shape index (κ1) is 11.7. The maximum absolute atomic E-state index is 5.89. The van der Waals surface area contributed by atoms with Gasteiger partial charge in [0.2, 0.25) is 0 Å². The van der Waals surface area contributed by atoms with Crippen LogP contribution in [0.3, 0.4) is 0 Å². The maximum Gasteiger partial charge on any atom is 0.0683 e. The second-order valence-corrected chi connectivity index (χ2v) is 4.39. The zero-order valence-corrected chi connectivity index (χ0v) is 10.2. The Morgan fingerprint density at radius 3 is 2.88 bits per heavy atom. The summed E-state index contributed by atoms with van der Waals surface area (Å²) < 4.78 is 5.50. The number of likely N-dealkylation sites (N-methyl/N-ethyl adjacent to an activating group) is 1. The van der Waals surface area contributed by atoms with Gasteiger partial charge in [0.25, 0.3) is 0 Å². The Morgan fingerprint density at radius 2 is 2.19 bits per heavy atom. The molecule has 3 nitrogen and oxygen atoms in total. The van der Waals surface area contributed by atoms with Crippen LogP contribution in [-0.2, 0) is 4.74 Å². The predicted octanol–water partition coefficient (Wildman–Crippen LogP) is 1.76. The molecule has 1 heterocycles. The molecule has 0 saturated carbocycles.